The third-order valence-corrected chi connectivity index (χ3v) is 4.07. The molecule has 0 aromatic rings. The van der Waals surface area contributed by atoms with Crippen molar-refractivity contribution in [3.8, 4) is 0 Å². The van der Waals surface area contributed by atoms with E-state index >= 15 is 0 Å². The second kappa shape index (κ2) is 6.36. The molecule has 2 N–H and O–H groups in total. The molecule has 3 unspecified atom stereocenters. The Bertz CT molecular complexity index is 251. The number of carboxylic acid groups (broad SMARTS) is 1. The van der Waals surface area contributed by atoms with E-state index in [0.717, 1.165) is 52.0 Å². The topological polar surface area (TPSA) is 58.6 Å². The summed E-state index contributed by atoms with van der Waals surface area (Å²) in [7, 11) is 0. The lowest BCUT2D eigenvalue weighted by molar-refractivity contribution is -0.142. The fourth-order valence-corrected chi connectivity index (χ4v) is 3.05. The Kier molecular flexibility index (Phi) is 4.80. The number of rotatable bonds is 5. The van der Waals surface area contributed by atoms with Crippen LogP contribution in [0.1, 0.15) is 32.1 Å². The smallest absolute Gasteiger partial charge is 0.306 e. The molecular weight excluding hydrogens is 218 g/mol. The first-order chi connectivity index (χ1) is 8.27. The van der Waals surface area contributed by atoms with Crippen molar-refractivity contribution >= 4 is 5.97 Å². The highest BCUT2D eigenvalue weighted by Gasteiger charge is 2.32. The Morgan fingerprint density at radius 2 is 2.12 bits per heavy atom. The van der Waals surface area contributed by atoms with Crippen LogP contribution < -0.4 is 5.32 Å². The molecule has 0 aromatic carbocycles. The largest absolute Gasteiger partial charge is 0.481 e. The first-order valence-electron chi connectivity index (χ1n) is 6.78. The summed E-state index contributed by atoms with van der Waals surface area (Å²) in [6.07, 6.45) is 5.38. The van der Waals surface area contributed by atoms with Crippen LogP contribution in [0.5, 0.6) is 0 Å². The summed E-state index contributed by atoms with van der Waals surface area (Å²) in [5.41, 5.74) is 0. The van der Waals surface area contributed by atoms with Crippen molar-refractivity contribution in [2.75, 3.05) is 26.3 Å². The van der Waals surface area contributed by atoms with Crippen LogP contribution in [0, 0.1) is 17.8 Å². The number of carbonyl (C=O) groups is 1. The van der Waals surface area contributed by atoms with E-state index in [9.17, 15) is 4.79 Å². The standard InChI is InChI=1S/C13H23NO3/c15-13(16)12-5-1-4-11(12)8-14-7-10-3-2-6-17-9-10/h10-12,14H,1-9H2,(H,15,16). The lowest BCUT2D eigenvalue weighted by Gasteiger charge is -2.23. The average molecular weight is 241 g/mol. The van der Waals surface area contributed by atoms with Gasteiger partial charge in [-0.15, -0.1) is 0 Å². The molecule has 4 nitrogen and oxygen atoms in total. The first kappa shape index (κ1) is 12.8. The van der Waals surface area contributed by atoms with Gasteiger partial charge in [0.25, 0.3) is 0 Å². The predicted octanol–water partition coefficient (Wildman–Crippen LogP) is 1.50. The minimum atomic E-state index is -0.615. The molecule has 1 aliphatic heterocycles. The van der Waals surface area contributed by atoms with E-state index in [1.54, 1.807) is 0 Å². The summed E-state index contributed by atoms with van der Waals surface area (Å²) >= 11 is 0. The lowest BCUT2D eigenvalue weighted by Crippen LogP contribution is -2.34. The average Bonchev–Trinajstić information content (AvgIpc) is 2.79. The highest BCUT2D eigenvalue weighted by atomic mass is 16.5. The van der Waals surface area contributed by atoms with E-state index in [2.05, 4.69) is 5.32 Å². The Hall–Kier alpha value is -0.610. The van der Waals surface area contributed by atoms with E-state index in [-0.39, 0.29) is 5.92 Å². The third-order valence-electron chi connectivity index (χ3n) is 4.07. The second-order valence-corrected chi connectivity index (χ2v) is 5.38. The SMILES string of the molecule is O=C(O)C1CCCC1CNCC1CCCOC1. The summed E-state index contributed by atoms with van der Waals surface area (Å²) in [4.78, 5) is 11.0. The van der Waals surface area contributed by atoms with Crippen LogP contribution in [-0.2, 0) is 9.53 Å². The Labute approximate surface area is 103 Å². The highest BCUT2D eigenvalue weighted by molar-refractivity contribution is 5.70. The van der Waals surface area contributed by atoms with Crippen molar-refractivity contribution in [3.05, 3.63) is 0 Å². The fraction of sp³-hybridized carbons (Fsp3) is 0.923. The van der Waals surface area contributed by atoms with Gasteiger partial charge in [0.2, 0.25) is 0 Å². The zero-order valence-corrected chi connectivity index (χ0v) is 10.4. The molecule has 17 heavy (non-hydrogen) atoms. The van der Waals surface area contributed by atoms with Gasteiger partial charge < -0.3 is 15.2 Å². The Morgan fingerprint density at radius 1 is 1.24 bits per heavy atom. The second-order valence-electron chi connectivity index (χ2n) is 5.38. The first-order valence-corrected chi connectivity index (χ1v) is 6.78. The molecule has 0 amide bonds. The van der Waals surface area contributed by atoms with Gasteiger partial charge in [0.05, 0.1) is 12.5 Å². The van der Waals surface area contributed by atoms with Crippen molar-refractivity contribution < 1.29 is 14.6 Å². The van der Waals surface area contributed by atoms with Gasteiger partial charge in [-0.2, -0.15) is 0 Å². The number of hydrogen-bond acceptors (Lipinski definition) is 3. The summed E-state index contributed by atoms with van der Waals surface area (Å²) in [5.74, 6) is 0.214. The van der Waals surface area contributed by atoms with Crippen LogP contribution in [0.2, 0.25) is 0 Å². The summed E-state index contributed by atoms with van der Waals surface area (Å²) < 4.78 is 5.43. The van der Waals surface area contributed by atoms with Crippen LogP contribution in [0.15, 0.2) is 0 Å². The summed E-state index contributed by atoms with van der Waals surface area (Å²) in [6, 6.07) is 0. The highest BCUT2D eigenvalue weighted by Crippen LogP contribution is 2.31. The van der Waals surface area contributed by atoms with Crippen LogP contribution in [0.3, 0.4) is 0 Å². The fourth-order valence-electron chi connectivity index (χ4n) is 3.05. The van der Waals surface area contributed by atoms with Gasteiger partial charge >= 0.3 is 5.97 Å². The van der Waals surface area contributed by atoms with E-state index in [0.29, 0.717) is 11.8 Å². The molecule has 1 aliphatic carbocycles. The minimum Gasteiger partial charge on any atom is -0.481 e. The molecule has 1 heterocycles. The minimum absolute atomic E-state index is 0.120. The molecule has 0 spiro atoms. The maximum atomic E-state index is 11.0. The summed E-state index contributed by atoms with van der Waals surface area (Å²) in [6.45, 7) is 3.59. The maximum Gasteiger partial charge on any atom is 0.306 e. The Balaban J connectivity index is 1.65. The van der Waals surface area contributed by atoms with Gasteiger partial charge in [-0.1, -0.05) is 6.42 Å². The lowest BCUT2D eigenvalue weighted by atomic mass is 9.95. The molecule has 1 saturated heterocycles. The third kappa shape index (κ3) is 3.68. The van der Waals surface area contributed by atoms with Gasteiger partial charge in [0, 0.05) is 13.2 Å². The van der Waals surface area contributed by atoms with Crippen LogP contribution in [0.4, 0.5) is 0 Å². The van der Waals surface area contributed by atoms with Gasteiger partial charge in [-0.05, 0) is 44.1 Å². The van der Waals surface area contributed by atoms with Gasteiger partial charge in [0.15, 0.2) is 0 Å². The van der Waals surface area contributed by atoms with Gasteiger partial charge in [-0.3, -0.25) is 4.79 Å². The zero-order chi connectivity index (χ0) is 12.1. The zero-order valence-electron chi connectivity index (χ0n) is 10.4. The molecule has 2 rings (SSSR count). The van der Waals surface area contributed by atoms with Crippen molar-refractivity contribution in [1.82, 2.24) is 5.32 Å². The monoisotopic (exact) mass is 241 g/mol. The molecule has 0 aromatic heterocycles. The van der Waals surface area contributed by atoms with E-state index < -0.39 is 5.97 Å². The molecule has 2 aliphatic rings. The maximum absolute atomic E-state index is 11.0. The molecule has 2 fully saturated rings. The molecule has 0 bridgehead atoms. The van der Waals surface area contributed by atoms with Gasteiger partial charge in [-0.25, -0.2) is 0 Å². The summed E-state index contributed by atoms with van der Waals surface area (Å²) in [5, 5.41) is 12.5. The molecule has 1 saturated carbocycles. The predicted molar refractivity (Wildman–Crippen MR) is 64.9 cm³/mol. The van der Waals surface area contributed by atoms with Crippen molar-refractivity contribution in [3.63, 3.8) is 0 Å². The van der Waals surface area contributed by atoms with Gasteiger partial charge in [0.1, 0.15) is 0 Å². The Morgan fingerprint density at radius 3 is 2.82 bits per heavy atom. The molecule has 4 heteroatoms. The molecular formula is C13H23NO3. The van der Waals surface area contributed by atoms with Crippen molar-refractivity contribution in [2.24, 2.45) is 17.8 Å². The van der Waals surface area contributed by atoms with E-state index in [1.165, 1.54) is 6.42 Å². The van der Waals surface area contributed by atoms with Crippen LogP contribution in [-0.4, -0.2) is 37.4 Å². The van der Waals surface area contributed by atoms with E-state index in [4.69, 9.17) is 9.84 Å². The number of carboxylic acids is 1. The molecule has 3 atom stereocenters. The molecule has 98 valence electrons. The normalized spacial score (nSPS) is 33.8. The van der Waals surface area contributed by atoms with Crippen molar-refractivity contribution in [1.29, 1.82) is 0 Å². The number of aliphatic carboxylic acids is 1. The van der Waals surface area contributed by atoms with Crippen LogP contribution in [0.25, 0.3) is 0 Å². The van der Waals surface area contributed by atoms with Crippen LogP contribution >= 0.6 is 0 Å². The van der Waals surface area contributed by atoms with Crippen molar-refractivity contribution in [2.45, 2.75) is 32.1 Å². The number of ether oxygens (including phenoxy) is 1. The number of nitrogens with one attached hydrogen (secondary N) is 1. The molecule has 0 radical (unpaired) electrons. The quantitative estimate of drug-likeness (QED) is 0.766. The number of hydrogen-bond donors (Lipinski definition) is 2. The van der Waals surface area contributed by atoms with E-state index in [1.807, 2.05) is 0 Å².